The highest BCUT2D eigenvalue weighted by atomic mass is 32.1. The van der Waals surface area contributed by atoms with E-state index in [0.29, 0.717) is 18.1 Å². The molecular formula is C10H17F3N2S. The Morgan fingerprint density at radius 1 is 1.44 bits per heavy atom. The minimum absolute atomic E-state index is 0.160. The van der Waals surface area contributed by atoms with Gasteiger partial charge in [0.05, 0.1) is 4.99 Å². The summed E-state index contributed by atoms with van der Waals surface area (Å²) in [5.74, 6) is 0.176. The van der Waals surface area contributed by atoms with Gasteiger partial charge < -0.3 is 10.6 Å². The van der Waals surface area contributed by atoms with Crippen LogP contribution in [0.5, 0.6) is 0 Å². The van der Waals surface area contributed by atoms with Gasteiger partial charge in [0.15, 0.2) is 0 Å². The summed E-state index contributed by atoms with van der Waals surface area (Å²) in [6, 6.07) is 0. The molecule has 0 amide bonds. The Morgan fingerprint density at radius 2 is 2.12 bits per heavy atom. The molecule has 0 aromatic heterocycles. The Labute approximate surface area is 99.0 Å². The third-order valence-electron chi connectivity index (χ3n) is 2.84. The highest BCUT2D eigenvalue weighted by Crippen LogP contribution is 2.22. The summed E-state index contributed by atoms with van der Waals surface area (Å²) in [7, 11) is 0. The van der Waals surface area contributed by atoms with E-state index in [1.54, 1.807) is 0 Å². The first kappa shape index (κ1) is 13.7. The summed E-state index contributed by atoms with van der Waals surface area (Å²) in [5, 5.41) is 0. The summed E-state index contributed by atoms with van der Waals surface area (Å²) in [5.41, 5.74) is 5.55. The zero-order chi connectivity index (χ0) is 12.2. The van der Waals surface area contributed by atoms with Gasteiger partial charge in [-0.25, -0.2) is 0 Å². The van der Waals surface area contributed by atoms with Gasteiger partial charge in [-0.15, -0.1) is 0 Å². The standard InChI is InChI=1S/C10H17F3N2S/c11-10(12,13)4-2-6-15-5-1-3-8(7-15)9(14)16/h8H,1-7H2,(H2,14,16). The van der Waals surface area contributed by atoms with Crippen LogP contribution in [0.25, 0.3) is 0 Å². The molecular weight excluding hydrogens is 237 g/mol. The fourth-order valence-electron chi connectivity index (χ4n) is 1.99. The second-order valence-corrected chi connectivity index (χ2v) is 4.73. The van der Waals surface area contributed by atoms with Crippen molar-refractivity contribution in [1.29, 1.82) is 0 Å². The fraction of sp³-hybridized carbons (Fsp3) is 0.900. The minimum atomic E-state index is -4.04. The quantitative estimate of drug-likeness (QED) is 0.781. The van der Waals surface area contributed by atoms with Gasteiger partial charge in [-0.1, -0.05) is 12.2 Å². The summed E-state index contributed by atoms with van der Waals surface area (Å²) in [6.45, 7) is 2.06. The van der Waals surface area contributed by atoms with E-state index in [9.17, 15) is 13.2 Å². The summed E-state index contributed by atoms with van der Waals surface area (Å²) < 4.78 is 35.9. The molecule has 6 heteroatoms. The van der Waals surface area contributed by atoms with Crippen LogP contribution >= 0.6 is 12.2 Å². The minimum Gasteiger partial charge on any atom is -0.393 e. The van der Waals surface area contributed by atoms with Crippen molar-refractivity contribution in [3.8, 4) is 0 Å². The first-order chi connectivity index (χ1) is 7.38. The SMILES string of the molecule is NC(=S)C1CCCN(CCCC(F)(F)F)C1. The van der Waals surface area contributed by atoms with Crippen LogP contribution in [0.15, 0.2) is 0 Å². The molecule has 0 spiro atoms. The van der Waals surface area contributed by atoms with Crippen LogP contribution < -0.4 is 5.73 Å². The number of hydrogen-bond acceptors (Lipinski definition) is 2. The van der Waals surface area contributed by atoms with E-state index in [1.807, 2.05) is 4.90 Å². The average Bonchev–Trinajstić information content (AvgIpc) is 2.16. The summed E-state index contributed by atoms with van der Waals surface area (Å²) >= 11 is 4.91. The fourth-order valence-corrected chi connectivity index (χ4v) is 2.19. The molecule has 1 heterocycles. The van der Waals surface area contributed by atoms with Gasteiger partial charge in [0.1, 0.15) is 0 Å². The lowest BCUT2D eigenvalue weighted by Gasteiger charge is -2.32. The molecule has 0 aliphatic carbocycles. The number of likely N-dealkylation sites (tertiary alicyclic amines) is 1. The van der Waals surface area contributed by atoms with Gasteiger partial charge in [-0.3, -0.25) is 0 Å². The maximum Gasteiger partial charge on any atom is 0.389 e. The van der Waals surface area contributed by atoms with Crippen LogP contribution in [0.1, 0.15) is 25.7 Å². The molecule has 2 N–H and O–H groups in total. The monoisotopic (exact) mass is 254 g/mol. The Morgan fingerprint density at radius 3 is 2.69 bits per heavy atom. The van der Waals surface area contributed by atoms with E-state index in [0.717, 1.165) is 19.4 Å². The van der Waals surface area contributed by atoms with Gasteiger partial charge in [-0.2, -0.15) is 13.2 Å². The largest absolute Gasteiger partial charge is 0.393 e. The van der Waals surface area contributed by atoms with Crippen LogP contribution in [0.2, 0.25) is 0 Å². The van der Waals surface area contributed by atoms with Crippen LogP contribution in [-0.2, 0) is 0 Å². The number of nitrogens with zero attached hydrogens (tertiary/aromatic N) is 1. The third-order valence-corrected chi connectivity index (χ3v) is 3.18. The maximum atomic E-state index is 12.0. The first-order valence-electron chi connectivity index (χ1n) is 5.47. The molecule has 1 saturated heterocycles. The van der Waals surface area contributed by atoms with Crippen LogP contribution in [0, 0.1) is 5.92 Å². The van der Waals surface area contributed by atoms with Crippen molar-refractivity contribution >= 4 is 17.2 Å². The number of hydrogen-bond donors (Lipinski definition) is 1. The normalized spacial score (nSPS) is 23.3. The van der Waals surface area contributed by atoms with Gasteiger partial charge in [0.25, 0.3) is 0 Å². The lowest BCUT2D eigenvalue weighted by molar-refractivity contribution is -0.136. The van der Waals surface area contributed by atoms with Crippen molar-refractivity contribution in [2.24, 2.45) is 11.7 Å². The van der Waals surface area contributed by atoms with Crippen LogP contribution in [0.3, 0.4) is 0 Å². The number of halogens is 3. The molecule has 94 valence electrons. The van der Waals surface area contributed by atoms with Gasteiger partial charge in [-0.05, 0) is 32.4 Å². The van der Waals surface area contributed by atoms with E-state index >= 15 is 0 Å². The van der Waals surface area contributed by atoms with Crippen molar-refractivity contribution in [3.05, 3.63) is 0 Å². The molecule has 0 saturated carbocycles. The molecule has 1 rings (SSSR count). The van der Waals surface area contributed by atoms with E-state index in [4.69, 9.17) is 18.0 Å². The molecule has 1 aliphatic heterocycles. The van der Waals surface area contributed by atoms with Crippen molar-refractivity contribution in [2.45, 2.75) is 31.9 Å². The molecule has 0 aromatic carbocycles. The summed E-state index contributed by atoms with van der Waals surface area (Å²) in [6.07, 6.45) is -2.66. The zero-order valence-electron chi connectivity index (χ0n) is 9.09. The van der Waals surface area contributed by atoms with E-state index in [2.05, 4.69) is 0 Å². The summed E-state index contributed by atoms with van der Waals surface area (Å²) in [4.78, 5) is 2.51. The van der Waals surface area contributed by atoms with Gasteiger partial charge >= 0.3 is 6.18 Å². The molecule has 1 fully saturated rings. The molecule has 0 radical (unpaired) electrons. The Kier molecular flexibility index (Phi) is 4.98. The molecule has 16 heavy (non-hydrogen) atoms. The van der Waals surface area contributed by atoms with Crippen LogP contribution in [-0.4, -0.2) is 35.7 Å². The average molecular weight is 254 g/mol. The van der Waals surface area contributed by atoms with Crippen molar-refractivity contribution in [2.75, 3.05) is 19.6 Å². The van der Waals surface area contributed by atoms with Crippen LogP contribution in [0.4, 0.5) is 13.2 Å². The lowest BCUT2D eigenvalue weighted by Crippen LogP contribution is -2.41. The molecule has 0 bridgehead atoms. The Hall–Kier alpha value is -0.360. The maximum absolute atomic E-state index is 12.0. The molecule has 0 aromatic rings. The molecule has 1 aliphatic rings. The highest BCUT2D eigenvalue weighted by molar-refractivity contribution is 7.80. The van der Waals surface area contributed by atoms with Crippen molar-refractivity contribution in [3.63, 3.8) is 0 Å². The second kappa shape index (κ2) is 5.82. The van der Waals surface area contributed by atoms with Crippen molar-refractivity contribution in [1.82, 2.24) is 4.90 Å². The Balaban J connectivity index is 2.24. The van der Waals surface area contributed by atoms with E-state index in [-0.39, 0.29) is 12.3 Å². The second-order valence-electron chi connectivity index (χ2n) is 4.26. The lowest BCUT2D eigenvalue weighted by atomic mass is 9.98. The van der Waals surface area contributed by atoms with Gasteiger partial charge in [0, 0.05) is 18.9 Å². The number of alkyl halides is 3. The number of thiocarbonyl (C=S) groups is 1. The smallest absolute Gasteiger partial charge is 0.389 e. The van der Waals surface area contributed by atoms with E-state index < -0.39 is 12.6 Å². The van der Waals surface area contributed by atoms with Gasteiger partial charge in [0.2, 0.25) is 0 Å². The highest BCUT2D eigenvalue weighted by Gasteiger charge is 2.27. The number of piperidine rings is 1. The Bertz CT molecular complexity index is 243. The molecule has 1 unspecified atom stereocenters. The first-order valence-corrected chi connectivity index (χ1v) is 5.88. The molecule has 2 nitrogen and oxygen atoms in total. The zero-order valence-corrected chi connectivity index (χ0v) is 9.91. The number of nitrogens with two attached hydrogens (primary N) is 1. The predicted octanol–water partition coefficient (Wildman–Crippen LogP) is 2.33. The number of rotatable bonds is 4. The third kappa shape index (κ3) is 5.12. The predicted molar refractivity (Wildman–Crippen MR) is 61.2 cm³/mol. The van der Waals surface area contributed by atoms with Crippen molar-refractivity contribution < 1.29 is 13.2 Å². The topological polar surface area (TPSA) is 29.3 Å². The van der Waals surface area contributed by atoms with E-state index in [1.165, 1.54) is 0 Å². The molecule has 1 atom stereocenters.